The second-order valence-electron chi connectivity index (χ2n) is 6.06. The van der Waals surface area contributed by atoms with Crippen molar-refractivity contribution in [3.63, 3.8) is 0 Å². The Morgan fingerprint density at radius 2 is 1.89 bits per heavy atom. The molecule has 2 aromatic carbocycles. The van der Waals surface area contributed by atoms with Crippen molar-refractivity contribution in [3.05, 3.63) is 66.0 Å². The summed E-state index contributed by atoms with van der Waals surface area (Å²) in [6.45, 7) is 3.11. The Labute approximate surface area is 158 Å². The van der Waals surface area contributed by atoms with Crippen molar-refractivity contribution in [1.82, 2.24) is 14.9 Å². The molecule has 0 atom stereocenters. The minimum atomic E-state index is -0.187. The van der Waals surface area contributed by atoms with Gasteiger partial charge in [0.2, 0.25) is 0 Å². The van der Waals surface area contributed by atoms with Gasteiger partial charge in [0, 0.05) is 36.6 Å². The first-order valence-corrected chi connectivity index (χ1v) is 8.72. The Morgan fingerprint density at radius 3 is 2.59 bits per heavy atom. The number of benzene rings is 2. The van der Waals surface area contributed by atoms with Crippen LogP contribution in [0.5, 0.6) is 11.5 Å². The van der Waals surface area contributed by atoms with Gasteiger partial charge in [-0.3, -0.25) is 4.79 Å². The van der Waals surface area contributed by atoms with Crippen LogP contribution in [0.2, 0.25) is 0 Å². The van der Waals surface area contributed by atoms with E-state index in [2.05, 4.69) is 14.9 Å². The molecule has 27 heavy (non-hydrogen) atoms. The molecule has 0 unspecified atom stereocenters. The van der Waals surface area contributed by atoms with Gasteiger partial charge in [0.1, 0.15) is 17.3 Å². The number of imidazole rings is 1. The van der Waals surface area contributed by atoms with E-state index in [1.54, 1.807) is 25.3 Å². The maximum atomic E-state index is 12.5. The summed E-state index contributed by atoms with van der Waals surface area (Å²) in [7, 11) is 3.11. The van der Waals surface area contributed by atoms with Crippen LogP contribution >= 0.6 is 0 Å². The Morgan fingerprint density at radius 1 is 1.11 bits per heavy atom. The van der Waals surface area contributed by atoms with Crippen LogP contribution in [0.4, 0.5) is 0 Å². The van der Waals surface area contributed by atoms with Gasteiger partial charge in [-0.25, -0.2) is 4.98 Å². The van der Waals surface area contributed by atoms with Crippen molar-refractivity contribution in [2.24, 2.45) is 0 Å². The highest BCUT2D eigenvalue weighted by Crippen LogP contribution is 2.24. The zero-order valence-corrected chi connectivity index (χ0v) is 15.7. The molecule has 0 saturated heterocycles. The number of aryl methyl sites for hydroxylation is 1. The quantitative estimate of drug-likeness (QED) is 0.698. The lowest BCUT2D eigenvalue weighted by Crippen LogP contribution is -2.28. The molecule has 0 aliphatic rings. The highest BCUT2D eigenvalue weighted by atomic mass is 16.5. The van der Waals surface area contributed by atoms with E-state index in [1.165, 1.54) is 7.11 Å². The molecule has 1 heterocycles. The molecule has 140 valence electrons. The number of carbonyl (C=O) groups excluding carboxylic acids is 1. The molecule has 0 fully saturated rings. The standard InChI is InChI=1S/C21H23N3O3/c1-15-14-23-20(16-7-5-4-6-8-16)24(15)12-11-22-21(25)18-10-9-17(26-2)13-19(18)27-3/h4-10,13-14H,11-12H2,1-3H3,(H,22,25). The van der Waals surface area contributed by atoms with Crippen LogP contribution in [0.15, 0.2) is 54.7 Å². The van der Waals surface area contributed by atoms with E-state index < -0.39 is 0 Å². The first-order chi connectivity index (χ1) is 13.1. The molecule has 0 aliphatic heterocycles. The maximum Gasteiger partial charge on any atom is 0.255 e. The monoisotopic (exact) mass is 365 g/mol. The lowest BCUT2D eigenvalue weighted by Gasteiger charge is -2.13. The molecule has 1 amide bonds. The Balaban J connectivity index is 1.69. The van der Waals surface area contributed by atoms with Crippen molar-refractivity contribution in [1.29, 1.82) is 0 Å². The Hall–Kier alpha value is -3.28. The summed E-state index contributed by atoms with van der Waals surface area (Å²) in [5.74, 6) is 1.83. The van der Waals surface area contributed by atoms with Crippen LogP contribution in [0.1, 0.15) is 16.1 Å². The summed E-state index contributed by atoms with van der Waals surface area (Å²) in [5.41, 5.74) is 2.57. The van der Waals surface area contributed by atoms with Gasteiger partial charge in [-0.2, -0.15) is 0 Å². The van der Waals surface area contributed by atoms with Crippen LogP contribution in [-0.4, -0.2) is 36.2 Å². The fraction of sp³-hybridized carbons (Fsp3) is 0.238. The van der Waals surface area contributed by atoms with Crippen LogP contribution < -0.4 is 14.8 Å². The third-order valence-corrected chi connectivity index (χ3v) is 4.36. The lowest BCUT2D eigenvalue weighted by molar-refractivity contribution is 0.0949. The Kier molecular flexibility index (Phi) is 5.76. The van der Waals surface area contributed by atoms with Gasteiger partial charge in [-0.1, -0.05) is 30.3 Å². The third-order valence-electron chi connectivity index (χ3n) is 4.36. The van der Waals surface area contributed by atoms with Crippen molar-refractivity contribution >= 4 is 5.91 Å². The molecule has 0 radical (unpaired) electrons. The largest absolute Gasteiger partial charge is 0.497 e. The maximum absolute atomic E-state index is 12.5. The van der Waals surface area contributed by atoms with Crippen molar-refractivity contribution in [2.75, 3.05) is 20.8 Å². The number of amides is 1. The van der Waals surface area contributed by atoms with E-state index in [9.17, 15) is 4.79 Å². The van der Waals surface area contributed by atoms with Crippen molar-refractivity contribution in [2.45, 2.75) is 13.5 Å². The molecule has 6 nitrogen and oxygen atoms in total. The van der Waals surface area contributed by atoms with E-state index >= 15 is 0 Å². The zero-order chi connectivity index (χ0) is 19.2. The molecular weight excluding hydrogens is 342 g/mol. The van der Waals surface area contributed by atoms with Gasteiger partial charge >= 0.3 is 0 Å². The summed E-state index contributed by atoms with van der Waals surface area (Å²) in [6.07, 6.45) is 1.84. The van der Waals surface area contributed by atoms with Crippen molar-refractivity contribution < 1.29 is 14.3 Å². The van der Waals surface area contributed by atoms with E-state index in [0.29, 0.717) is 30.2 Å². The molecule has 1 N–H and O–H groups in total. The molecule has 3 aromatic rings. The van der Waals surface area contributed by atoms with Gasteiger partial charge in [0.25, 0.3) is 5.91 Å². The fourth-order valence-electron chi connectivity index (χ4n) is 2.92. The number of nitrogens with one attached hydrogen (secondary N) is 1. The summed E-state index contributed by atoms with van der Waals surface area (Å²) in [6, 6.07) is 15.1. The molecule has 0 bridgehead atoms. The number of hydrogen-bond donors (Lipinski definition) is 1. The molecule has 6 heteroatoms. The number of carbonyl (C=O) groups is 1. The normalized spacial score (nSPS) is 10.5. The number of nitrogens with zero attached hydrogens (tertiary/aromatic N) is 2. The topological polar surface area (TPSA) is 65.4 Å². The van der Waals surface area contributed by atoms with Crippen LogP contribution in [0, 0.1) is 6.92 Å². The second kappa shape index (κ2) is 8.40. The molecule has 0 aliphatic carbocycles. The lowest BCUT2D eigenvalue weighted by atomic mass is 10.1. The van der Waals surface area contributed by atoms with Crippen molar-refractivity contribution in [3.8, 4) is 22.9 Å². The highest BCUT2D eigenvalue weighted by molar-refractivity contribution is 5.97. The van der Waals surface area contributed by atoms with Gasteiger partial charge in [0.15, 0.2) is 0 Å². The summed E-state index contributed by atoms with van der Waals surface area (Å²) in [4.78, 5) is 17.0. The number of ether oxygens (including phenoxy) is 2. The summed E-state index contributed by atoms with van der Waals surface area (Å²) in [5, 5.41) is 2.95. The summed E-state index contributed by atoms with van der Waals surface area (Å²) < 4.78 is 12.6. The van der Waals surface area contributed by atoms with E-state index in [-0.39, 0.29) is 5.91 Å². The minimum absolute atomic E-state index is 0.187. The average Bonchev–Trinajstić information content (AvgIpc) is 3.08. The smallest absolute Gasteiger partial charge is 0.255 e. The third kappa shape index (κ3) is 4.11. The van der Waals surface area contributed by atoms with Crippen LogP contribution in [-0.2, 0) is 6.54 Å². The van der Waals surface area contributed by atoms with E-state index in [0.717, 1.165) is 17.1 Å². The summed E-state index contributed by atoms with van der Waals surface area (Å²) >= 11 is 0. The predicted octanol–water partition coefficient (Wildman–Crippen LogP) is 3.31. The van der Waals surface area contributed by atoms with Crippen LogP contribution in [0.3, 0.4) is 0 Å². The zero-order valence-electron chi connectivity index (χ0n) is 15.7. The van der Waals surface area contributed by atoms with Gasteiger partial charge in [0.05, 0.1) is 19.8 Å². The second-order valence-corrected chi connectivity index (χ2v) is 6.06. The molecule has 0 spiro atoms. The Bertz CT molecular complexity index is 920. The number of methoxy groups -OCH3 is 2. The SMILES string of the molecule is COc1ccc(C(=O)NCCn2c(C)cnc2-c2ccccc2)c(OC)c1. The molecular formula is C21H23N3O3. The first kappa shape index (κ1) is 18.5. The molecule has 3 rings (SSSR count). The van der Waals surface area contributed by atoms with E-state index in [4.69, 9.17) is 9.47 Å². The molecule has 1 aromatic heterocycles. The number of hydrogen-bond acceptors (Lipinski definition) is 4. The minimum Gasteiger partial charge on any atom is -0.497 e. The van der Waals surface area contributed by atoms with Gasteiger partial charge in [-0.05, 0) is 19.1 Å². The predicted molar refractivity (Wildman–Crippen MR) is 104 cm³/mol. The highest BCUT2D eigenvalue weighted by Gasteiger charge is 2.14. The fourth-order valence-corrected chi connectivity index (χ4v) is 2.92. The van der Waals surface area contributed by atoms with Crippen LogP contribution in [0.25, 0.3) is 11.4 Å². The average molecular weight is 365 g/mol. The number of aromatic nitrogens is 2. The molecule has 0 saturated carbocycles. The van der Waals surface area contributed by atoms with Gasteiger partial charge in [-0.15, -0.1) is 0 Å². The first-order valence-electron chi connectivity index (χ1n) is 8.72. The van der Waals surface area contributed by atoms with Gasteiger partial charge < -0.3 is 19.4 Å². The number of rotatable bonds is 7. The van der Waals surface area contributed by atoms with E-state index in [1.807, 2.05) is 43.5 Å².